The molecule has 3 rings (SSSR count). The predicted molar refractivity (Wildman–Crippen MR) is 119 cm³/mol. The largest absolute Gasteiger partial charge is 0.494 e. The molecule has 0 aliphatic heterocycles. The number of thioether (sulfide) groups is 2. The van der Waals surface area contributed by atoms with E-state index in [0.29, 0.717) is 17.6 Å². The van der Waals surface area contributed by atoms with Gasteiger partial charge in [0.1, 0.15) is 11.6 Å². The number of aromatic nitrogens is 5. The molecule has 0 fully saturated rings. The highest BCUT2D eigenvalue weighted by atomic mass is 32.2. The second kappa shape index (κ2) is 10.1. The van der Waals surface area contributed by atoms with E-state index in [1.54, 1.807) is 23.5 Å². The van der Waals surface area contributed by atoms with Crippen molar-refractivity contribution < 1.29 is 4.74 Å². The number of hydrogen-bond donors (Lipinski definition) is 0. The van der Waals surface area contributed by atoms with Crippen LogP contribution >= 0.6 is 23.5 Å². The van der Waals surface area contributed by atoms with E-state index in [1.165, 1.54) is 0 Å². The van der Waals surface area contributed by atoms with Crippen molar-refractivity contribution in [2.75, 3.05) is 6.61 Å². The lowest BCUT2D eigenvalue weighted by Crippen LogP contribution is -2.04. The van der Waals surface area contributed by atoms with Gasteiger partial charge in [0.2, 0.25) is 0 Å². The van der Waals surface area contributed by atoms with Crippen LogP contribution in [0.3, 0.4) is 0 Å². The zero-order chi connectivity index (χ0) is 20.8. The highest BCUT2D eigenvalue weighted by Crippen LogP contribution is 2.30. The number of aryl methyl sites for hydroxylation is 2. The first kappa shape index (κ1) is 21.6. The van der Waals surface area contributed by atoms with Crippen molar-refractivity contribution >= 4 is 23.5 Å². The minimum absolute atomic E-state index is 0.462. The van der Waals surface area contributed by atoms with Crippen LogP contribution in [-0.2, 0) is 5.75 Å². The van der Waals surface area contributed by atoms with Crippen molar-refractivity contribution in [2.24, 2.45) is 0 Å². The maximum Gasteiger partial charge on any atom is 0.196 e. The first-order valence-electron chi connectivity index (χ1n) is 9.79. The first-order valence-corrected chi connectivity index (χ1v) is 11.7. The molecule has 29 heavy (non-hydrogen) atoms. The zero-order valence-corrected chi connectivity index (χ0v) is 19.2. The standard InChI is InChI=1S/C21H27N5OS2/c1-6-16(5)29-21-25-24-19(13-28-20-22-14(3)12-15(4)23-20)26(21)17-8-10-18(11-9-17)27-7-2/h8-12,16H,6-7,13H2,1-5H3/t16-/m1/s1. The normalized spacial score (nSPS) is 12.2. The Kier molecular flexibility index (Phi) is 7.55. The molecule has 0 amide bonds. The van der Waals surface area contributed by atoms with E-state index in [0.717, 1.165) is 45.4 Å². The molecule has 2 heterocycles. The van der Waals surface area contributed by atoms with Crippen LogP contribution < -0.4 is 4.74 Å². The topological polar surface area (TPSA) is 65.7 Å². The molecule has 0 aliphatic rings. The molecule has 3 aromatic rings. The lowest BCUT2D eigenvalue weighted by atomic mass is 10.3. The fourth-order valence-electron chi connectivity index (χ4n) is 2.74. The lowest BCUT2D eigenvalue weighted by molar-refractivity contribution is 0.340. The van der Waals surface area contributed by atoms with Gasteiger partial charge in [-0.3, -0.25) is 4.57 Å². The number of hydrogen-bond acceptors (Lipinski definition) is 7. The number of ether oxygens (including phenoxy) is 1. The van der Waals surface area contributed by atoms with Crippen molar-refractivity contribution in [3.8, 4) is 11.4 Å². The predicted octanol–water partition coefficient (Wildman–Crippen LogP) is 5.26. The highest BCUT2D eigenvalue weighted by molar-refractivity contribution is 7.99. The Morgan fingerprint density at radius 2 is 1.72 bits per heavy atom. The van der Waals surface area contributed by atoms with E-state index < -0.39 is 0 Å². The molecule has 0 unspecified atom stereocenters. The van der Waals surface area contributed by atoms with Gasteiger partial charge < -0.3 is 4.74 Å². The molecule has 0 saturated heterocycles. The van der Waals surface area contributed by atoms with Gasteiger partial charge in [0.05, 0.1) is 12.4 Å². The molecule has 1 atom stereocenters. The monoisotopic (exact) mass is 429 g/mol. The summed E-state index contributed by atoms with van der Waals surface area (Å²) < 4.78 is 7.71. The van der Waals surface area contributed by atoms with E-state index >= 15 is 0 Å². The summed E-state index contributed by atoms with van der Waals surface area (Å²) in [7, 11) is 0. The molecule has 0 saturated carbocycles. The Morgan fingerprint density at radius 1 is 1.03 bits per heavy atom. The Morgan fingerprint density at radius 3 is 2.34 bits per heavy atom. The third-order valence-electron chi connectivity index (χ3n) is 4.28. The lowest BCUT2D eigenvalue weighted by Gasteiger charge is -2.13. The third-order valence-corrected chi connectivity index (χ3v) is 6.33. The molecule has 1 aromatic carbocycles. The molecule has 0 radical (unpaired) electrons. The quantitative estimate of drug-likeness (QED) is 0.340. The van der Waals surface area contributed by atoms with Crippen molar-refractivity contribution in [3.05, 3.63) is 47.5 Å². The number of benzene rings is 1. The van der Waals surface area contributed by atoms with Crippen LogP contribution in [0.1, 0.15) is 44.4 Å². The Hall–Kier alpha value is -2.06. The summed E-state index contributed by atoms with van der Waals surface area (Å²) in [6, 6.07) is 10.1. The Balaban J connectivity index is 1.89. The molecule has 0 aliphatic carbocycles. The molecule has 2 aromatic heterocycles. The molecule has 0 bridgehead atoms. The average molecular weight is 430 g/mol. The maximum absolute atomic E-state index is 5.58. The third kappa shape index (κ3) is 5.73. The van der Waals surface area contributed by atoms with E-state index in [2.05, 4.69) is 50.7 Å². The van der Waals surface area contributed by atoms with E-state index in [-0.39, 0.29) is 0 Å². The minimum Gasteiger partial charge on any atom is -0.494 e. The minimum atomic E-state index is 0.462. The Labute approximate surface area is 180 Å². The second-order valence-electron chi connectivity index (χ2n) is 6.72. The van der Waals surface area contributed by atoms with Gasteiger partial charge in [0, 0.05) is 22.3 Å². The van der Waals surface area contributed by atoms with Crippen LogP contribution in [0.2, 0.25) is 0 Å². The summed E-state index contributed by atoms with van der Waals surface area (Å²) in [5, 5.41) is 11.1. The Bertz CT molecular complexity index is 922. The molecule has 6 nitrogen and oxygen atoms in total. The van der Waals surface area contributed by atoms with Gasteiger partial charge in [-0.25, -0.2) is 9.97 Å². The van der Waals surface area contributed by atoms with Gasteiger partial charge in [-0.05, 0) is 57.5 Å². The van der Waals surface area contributed by atoms with Crippen molar-refractivity contribution in [1.29, 1.82) is 0 Å². The van der Waals surface area contributed by atoms with Crippen LogP contribution in [0.4, 0.5) is 0 Å². The van der Waals surface area contributed by atoms with E-state index in [9.17, 15) is 0 Å². The molecular formula is C21H27N5OS2. The van der Waals surface area contributed by atoms with E-state index in [1.807, 2.05) is 39.0 Å². The van der Waals surface area contributed by atoms with Crippen molar-refractivity contribution in [1.82, 2.24) is 24.7 Å². The van der Waals surface area contributed by atoms with Gasteiger partial charge in [-0.2, -0.15) is 0 Å². The average Bonchev–Trinajstić information content (AvgIpc) is 3.09. The van der Waals surface area contributed by atoms with Crippen LogP contribution in [0.5, 0.6) is 5.75 Å². The zero-order valence-electron chi connectivity index (χ0n) is 17.5. The second-order valence-corrected chi connectivity index (χ2v) is 9.07. The summed E-state index contributed by atoms with van der Waals surface area (Å²) >= 11 is 3.32. The fourth-order valence-corrected chi connectivity index (χ4v) is 4.53. The molecule has 154 valence electrons. The SMILES string of the molecule is CCOc1ccc(-n2c(CSc3nc(C)cc(C)n3)nnc2S[C@H](C)CC)cc1. The van der Waals surface area contributed by atoms with Gasteiger partial charge >= 0.3 is 0 Å². The summed E-state index contributed by atoms with van der Waals surface area (Å²) in [4.78, 5) is 9.05. The fraction of sp³-hybridized carbons (Fsp3) is 0.429. The molecule has 0 spiro atoms. The first-order chi connectivity index (χ1) is 14.0. The molecular weight excluding hydrogens is 402 g/mol. The summed E-state index contributed by atoms with van der Waals surface area (Å²) in [5.74, 6) is 2.39. The van der Waals surface area contributed by atoms with Gasteiger partial charge in [-0.15, -0.1) is 10.2 Å². The summed E-state index contributed by atoms with van der Waals surface area (Å²) in [6.45, 7) is 11.0. The summed E-state index contributed by atoms with van der Waals surface area (Å²) in [5.41, 5.74) is 2.98. The van der Waals surface area contributed by atoms with E-state index in [4.69, 9.17) is 4.74 Å². The van der Waals surface area contributed by atoms with Crippen molar-refractivity contribution in [3.63, 3.8) is 0 Å². The van der Waals surface area contributed by atoms with Gasteiger partial charge in [-0.1, -0.05) is 37.4 Å². The maximum atomic E-state index is 5.58. The van der Waals surface area contributed by atoms with Crippen molar-refractivity contribution in [2.45, 2.75) is 62.4 Å². The van der Waals surface area contributed by atoms with Gasteiger partial charge in [0.25, 0.3) is 0 Å². The van der Waals surface area contributed by atoms with Crippen LogP contribution in [-0.4, -0.2) is 36.6 Å². The van der Waals surface area contributed by atoms with Crippen LogP contribution in [0, 0.1) is 13.8 Å². The number of nitrogens with zero attached hydrogens (tertiary/aromatic N) is 5. The smallest absolute Gasteiger partial charge is 0.196 e. The van der Waals surface area contributed by atoms with Crippen LogP contribution in [0.15, 0.2) is 40.6 Å². The van der Waals surface area contributed by atoms with Gasteiger partial charge in [0.15, 0.2) is 10.3 Å². The highest BCUT2D eigenvalue weighted by Gasteiger charge is 2.17. The summed E-state index contributed by atoms with van der Waals surface area (Å²) in [6.07, 6.45) is 1.07. The van der Waals surface area contributed by atoms with Crippen LogP contribution in [0.25, 0.3) is 5.69 Å². The molecule has 0 N–H and O–H groups in total. The molecule has 8 heteroatoms. The number of rotatable bonds is 9.